The van der Waals surface area contributed by atoms with Gasteiger partial charge in [0.1, 0.15) is 0 Å². The van der Waals surface area contributed by atoms with E-state index in [1.54, 1.807) is 12.3 Å². The van der Waals surface area contributed by atoms with Crippen LogP contribution in [0.25, 0.3) is 10.9 Å². The first-order chi connectivity index (χ1) is 14.1. The Hall–Kier alpha value is -1.89. The predicted octanol–water partition coefficient (Wildman–Crippen LogP) is 4.34. The van der Waals surface area contributed by atoms with Gasteiger partial charge in [0.2, 0.25) is 5.78 Å². The van der Waals surface area contributed by atoms with E-state index in [0.29, 0.717) is 16.9 Å². The second-order valence-corrected chi connectivity index (χ2v) is 7.92. The molecule has 2 aromatic carbocycles. The van der Waals surface area contributed by atoms with Crippen LogP contribution in [0.4, 0.5) is 0 Å². The summed E-state index contributed by atoms with van der Waals surface area (Å²) in [6, 6.07) is 16.1. The van der Waals surface area contributed by atoms with Crippen molar-refractivity contribution in [2.45, 2.75) is 13.1 Å². The van der Waals surface area contributed by atoms with Gasteiger partial charge in [0.25, 0.3) is 0 Å². The van der Waals surface area contributed by atoms with Crippen molar-refractivity contribution in [3.8, 4) is 0 Å². The van der Waals surface area contributed by atoms with Gasteiger partial charge in [-0.2, -0.15) is 0 Å². The van der Waals surface area contributed by atoms with E-state index in [4.69, 9.17) is 11.6 Å². The largest absolute Gasteiger partial charge is 0.345 e. The number of hydrogen-bond acceptors (Lipinski definition) is 4. The molecule has 0 spiro atoms. The molecule has 0 saturated carbocycles. The minimum Gasteiger partial charge on any atom is -0.345 e. The van der Waals surface area contributed by atoms with Crippen molar-refractivity contribution in [3.63, 3.8) is 0 Å². The molecule has 1 aliphatic heterocycles. The Kier molecular flexibility index (Phi) is 9.54. The smallest absolute Gasteiger partial charge is 0.227 e. The van der Waals surface area contributed by atoms with Crippen LogP contribution >= 0.6 is 36.4 Å². The number of benzene rings is 2. The molecule has 5 nitrogen and oxygen atoms in total. The Bertz CT molecular complexity index is 1020. The molecule has 31 heavy (non-hydrogen) atoms. The Morgan fingerprint density at radius 3 is 2.29 bits per heavy atom. The van der Waals surface area contributed by atoms with Gasteiger partial charge < -0.3 is 4.57 Å². The van der Waals surface area contributed by atoms with E-state index in [-0.39, 0.29) is 24.8 Å². The summed E-state index contributed by atoms with van der Waals surface area (Å²) >= 11 is 6.10. The van der Waals surface area contributed by atoms with Gasteiger partial charge >= 0.3 is 0 Å². The molecule has 0 radical (unpaired) electrons. The topological polar surface area (TPSA) is 45.6 Å². The van der Waals surface area contributed by atoms with E-state index in [0.717, 1.165) is 56.7 Å². The van der Waals surface area contributed by atoms with Crippen molar-refractivity contribution in [2.75, 3.05) is 32.7 Å². The van der Waals surface area contributed by atoms with Crippen LogP contribution < -0.4 is 0 Å². The lowest BCUT2D eigenvalue weighted by molar-refractivity contribution is -0.104. The highest BCUT2D eigenvalue weighted by molar-refractivity contribution is 6.37. The number of piperazine rings is 1. The van der Waals surface area contributed by atoms with E-state index >= 15 is 0 Å². The fraction of sp³-hybridized carbons (Fsp3) is 0.304. The Labute approximate surface area is 199 Å². The molecule has 0 amide bonds. The molecule has 1 aliphatic rings. The van der Waals surface area contributed by atoms with Crippen LogP contribution in [0.3, 0.4) is 0 Å². The molecule has 0 aliphatic carbocycles. The molecule has 2 heterocycles. The number of aromatic nitrogens is 1. The van der Waals surface area contributed by atoms with Gasteiger partial charge in [0.05, 0.1) is 5.56 Å². The number of Topliss-reactive ketones (excluding diaryl/α,β-unsaturated/α-hetero) is 1. The lowest BCUT2D eigenvalue weighted by atomic mass is 10.1. The summed E-state index contributed by atoms with van der Waals surface area (Å²) in [5, 5.41) is 1.30. The molecule has 3 aromatic rings. The van der Waals surface area contributed by atoms with E-state index in [2.05, 4.69) is 44.7 Å². The number of halogens is 3. The molecular formula is C23H26Cl3N3O2. The van der Waals surface area contributed by atoms with E-state index in [1.165, 1.54) is 5.56 Å². The quantitative estimate of drug-likeness (QED) is 0.285. The molecule has 0 N–H and O–H groups in total. The molecular weight excluding hydrogens is 457 g/mol. The number of fused-ring (bicyclic) bond motifs is 1. The number of nitrogens with zero attached hydrogens (tertiary/aromatic N) is 3. The summed E-state index contributed by atoms with van der Waals surface area (Å²) in [5.74, 6) is -0.509. The maximum atomic E-state index is 12.0. The number of carbonyl (C=O) groups is 2. The molecule has 1 saturated heterocycles. The lowest BCUT2D eigenvalue weighted by Gasteiger charge is -2.34. The number of ketones is 1. The van der Waals surface area contributed by atoms with Crippen LogP contribution in [0.2, 0.25) is 5.02 Å². The van der Waals surface area contributed by atoms with Crippen LogP contribution in [-0.2, 0) is 17.9 Å². The van der Waals surface area contributed by atoms with E-state index < -0.39 is 5.78 Å². The average Bonchev–Trinajstić information content (AvgIpc) is 3.11. The first-order valence-corrected chi connectivity index (χ1v) is 10.3. The van der Waals surface area contributed by atoms with Crippen LogP contribution in [0.15, 0.2) is 54.7 Å². The Balaban J connectivity index is 0.00000171. The molecule has 0 unspecified atom stereocenters. The van der Waals surface area contributed by atoms with Gasteiger partial charge in [-0.25, -0.2) is 0 Å². The normalized spacial score (nSPS) is 14.6. The highest BCUT2D eigenvalue weighted by Crippen LogP contribution is 2.25. The molecule has 1 aromatic heterocycles. The first-order valence-electron chi connectivity index (χ1n) is 9.90. The molecule has 8 heteroatoms. The summed E-state index contributed by atoms with van der Waals surface area (Å²) in [5.41, 5.74) is 2.71. The fourth-order valence-corrected chi connectivity index (χ4v) is 4.15. The van der Waals surface area contributed by atoms with Gasteiger partial charge in [-0.15, -0.1) is 24.8 Å². The number of rotatable bonds is 7. The van der Waals surface area contributed by atoms with Crippen molar-refractivity contribution in [3.05, 3.63) is 70.9 Å². The third kappa shape index (κ3) is 6.09. The first kappa shape index (κ1) is 25.4. The van der Waals surface area contributed by atoms with Crippen molar-refractivity contribution in [1.29, 1.82) is 0 Å². The average molecular weight is 483 g/mol. The van der Waals surface area contributed by atoms with E-state index in [9.17, 15) is 9.59 Å². The zero-order chi connectivity index (χ0) is 20.2. The number of hydrogen-bond donors (Lipinski definition) is 0. The number of aldehydes is 1. The predicted molar refractivity (Wildman–Crippen MR) is 130 cm³/mol. The van der Waals surface area contributed by atoms with Crippen LogP contribution in [0.5, 0.6) is 0 Å². The SMILES string of the molecule is Cl.Cl.O=CC(=O)c1cn(CCN2CCN(Cc3ccccc3)CC2)c2ccc(Cl)cc12. The van der Waals surface area contributed by atoms with Gasteiger partial charge in [0, 0.05) is 67.9 Å². The number of carbonyl (C=O) groups excluding carboxylic acids is 2. The maximum absolute atomic E-state index is 12.0. The summed E-state index contributed by atoms with van der Waals surface area (Å²) < 4.78 is 2.05. The molecule has 1 fully saturated rings. The standard InChI is InChI=1S/C23H24ClN3O2.2ClH/c24-19-6-7-22-20(14-19)21(23(29)17-28)16-27(22)13-12-25-8-10-26(11-9-25)15-18-4-2-1-3-5-18;;/h1-7,14,16-17H,8-13,15H2;2*1H. The summed E-state index contributed by atoms with van der Waals surface area (Å²) in [6.45, 7) is 6.81. The molecule has 166 valence electrons. The Morgan fingerprint density at radius 2 is 1.61 bits per heavy atom. The zero-order valence-electron chi connectivity index (χ0n) is 17.1. The highest BCUT2D eigenvalue weighted by Gasteiger charge is 2.18. The van der Waals surface area contributed by atoms with Gasteiger partial charge in [-0.1, -0.05) is 41.9 Å². The minimum absolute atomic E-state index is 0. The van der Waals surface area contributed by atoms with Crippen molar-refractivity contribution >= 4 is 59.4 Å². The summed E-state index contributed by atoms with van der Waals surface area (Å²) in [6.07, 6.45) is 2.15. The van der Waals surface area contributed by atoms with Crippen LogP contribution in [-0.4, -0.2) is 59.2 Å². The third-order valence-electron chi connectivity index (χ3n) is 5.59. The van der Waals surface area contributed by atoms with Crippen LogP contribution in [0.1, 0.15) is 15.9 Å². The van der Waals surface area contributed by atoms with Gasteiger partial charge in [-0.3, -0.25) is 19.4 Å². The molecule has 0 atom stereocenters. The summed E-state index contributed by atoms with van der Waals surface area (Å²) in [4.78, 5) is 27.9. The minimum atomic E-state index is -0.509. The van der Waals surface area contributed by atoms with Crippen LogP contribution in [0, 0.1) is 0 Å². The zero-order valence-corrected chi connectivity index (χ0v) is 19.5. The second-order valence-electron chi connectivity index (χ2n) is 7.48. The van der Waals surface area contributed by atoms with Crippen molar-refractivity contribution in [1.82, 2.24) is 14.4 Å². The maximum Gasteiger partial charge on any atom is 0.227 e. The fourth-order valence-electron chi connectivity index (χ4n) is 3.98. The van der Waals surface area contributed by atoms with Crippen molar-refractivity contribution < 1.29 is 9.59 Å². The van der Waals surface area contributed by atoms with E-state index in [1.807, 2.05) is 12.1 Å². The van der Waals surface area contributed by atoms with Gasteiger partial charge in [-0.05, 0) is 23.8 Å². The summed E-state index contributed by atoms with van der Waals surface area (Å²) in [7, 11) is 0. The lowest BCUT2D eigenvalue weighted by Crippen LogP contribution is -2.46. The highest BCUT2D eigenvalue weighted by atomic mass is 35.5. The van der Waals surface area contributed by atoms with Crippen molar-refractivity contribution in [2.24, 2.45) is 0 Å². The van der Waals surface area contributed by atoms with Gasteiger partial charge in [0.15, 0.2) is 6.29 Å². The second kappa shape index (κ2) is 11.7. The Morgan fingerprint density at radius 1 is 0.935 bits per heavy atom. The monoisotopic (exact) mass is 481 g/mol. The molecule has 0 bridgehead atoms. The third-order valence-corrected chi connectivity index (χ3v) is 5.82. The molecule has 4 rings (SSSR count).